The maximum absolute atomic E-state index is 11.8. The lowest BCUT2D eigenvalue weighted by Crippen LogP contribution is -2.04. The van der Waals surface area contributed by atoms with Crippen molar-refractivity contribution in [2.75, 3.05) is 5.32 Å². The summed E-state index contributed by atoms with van der Waals surface area (Å²) in [4.78, 5) is 23.4. The Hall–Kier alpha value is -3.01. The zero-order valence-electron chi connectivity index (χ0n) is 14.8. The molecule has 11 heteroatoms. The minimum absolute atomic E-state index is 0.0800. The second-order valence-electron chi connectivity index (χ2n) is 5.93. The van der Waals surface area contributed by atoms with E-state index in [1.165, 1.54) is 6.07 Å². The van der Waals surface area contributed by atoms with E-state index in [0.29, 0.717) is 22.0 Å². The van der Waals surface area contributed by atoms with E-state index in [-0.39, 0.29) is 16.7 Å². The van der Waals surface area contributed by atoms with Gasteiger partial charge in [0.2, 0.25) is 5.82 Å². The number of pyridine rings is 1. The molecule has 8 nitrogen and oxygen atoms in total. The van der Waals surface area contributed by atoms with Gasteiger partial charge in [-0.25, -0.2) is 4.98 Å². The number of aromatic nitrogens is 3. The lowest BCUT2D eigenvalue weighted by molar-refractivity contribution is -0.385. The van der Waals surface area contributed by atoms with Crippen molar-refractivity contribution in [3.63, 3.8) is 0 Å². The molecule has 4 aromatic rings. The second-order valence-corrected chi connectivity index (χ2v) is 7.63. The van der Waals surface area contributed by atoms with Gasteiger partial charge in [0.25, 0.3) is 0 Å². The summed E-state index contributed by atoms with van der Waals surface area (Å²) in [6.45, 7) is 0. The van der Waals surface area contributed by atoms with Crippen molar-refractivity contribution in [1.29, 1.82) is 0 Å². The standard InChI is InChI=1S/C19H10BrCl2N5O3/c20-12-4-6-15(16-11(12)2-1-7-23-16)30-19-17(27(28)29)18(24-9-25-19)26-14-5-3-10(21)8-13(14)22/h1-9H,(H,24,25,26). The summed E-state index contributed by atoms with van der Waals surface area (Å²) in [6.07, 6.45) is 2.76. The number of halogens is 3. The van der Waals surface area contributed by atoms with Crippen LogP contribution in [0.25, 0.3) is 10.9 Å². The summed E-state index contributed by atoms with van der Waals surface area (Å²) < 4.78 is 6.61. The van der Waals surface area contributed by atoms with Crippen molar-refractivity contribution in [2.24, 2.45) is 0 Å². The third kappa shape index (κ3) is 4.00. The Kier molecular flexibility index (Phi) is 5.67. The van der Waals surface area contributed by atoms with Gasteiger partial charge < -0.3 is 10.1 Å². The normalized spacial score (nSPS) is 10.8. The SMILES string of the molecule is O=[N+]([O-])c1c(Nc2ccc(Cl)cc2Cl)ncnc1Oc1ccc(Br)c2cccnc12. The van der Waals surface area contributed by atoms with Gasteiger partial charge in [0.05, 0.1) is 15.6 Å². The molecular formula is C19H10BrCl2N5O3. The van der Waals surface area contributed by atoms with E-state index in [4.69, 9.17) is 27.9 Å². The molecule has 0 aliphatic heterocycles. The lowest BCUT2D eigenvalue weighted by atomic mass is 10.2. The van der Waals surface area contributed by atoms with Crippen LogP contribution in [0.2, 0.25) is 10.0 Å². The molecule has 0 aliphatic carbocycles. The van der Waals surface area contributed by atoms with Crippen LogP contribution < -0.4 is 10.1 Å². The highest BCUT2D eigenvalue weighted by atomic mass is 79.9. The van der Waals surface area contributed by atoms with E-state index < -0.39 is 10.6 Å². The molecule has 0 saturated heterocycles. The Morgan fingerprint density at radius 1 is 1.10 bits per heavy atom. The first kappa shape index (κ1) is 20.3. The first-order valence-corrected chi connectivity index (χ1v) is 9.91. The zero-order chi connectivity index (χ0) is 21.3. The summed E-state index contributed by atoms with van der Waals surface area (Å²) in [5.41, 5.74) is 0.468. The van der Waals surface area contributed by atoms with Gasteiger partial charge in [-0.3, -0.25) is 15.1 Å². The molecule has 150 valence electrons. The van der Waals surface area contributed by atoms with Crippen molar-refractivity contribution in [1.82, 2.24) is 15.0 Å². The Bertz CT molecular complexity index is 1290. The topological polar surface area (TPSA) is 103 Å². The molecule has 0 atom stereocenters. The monoisotopic (exact) mass is 505 g/mol. The first-order valence-electron chi connectivity index (χ1n) is 8.36. The molecule has 30 heavy (non-hydrogen) atoms. The molecule has 0 spiro atoms. The summed E-state index contributed by atoms with van der Waals surface area (Å²) >= 11 is 15.5. The smallest absolute Gasteiger partial charge is 0.373 e. The van der Waals surface area contributed by atoms with Gasteiger partial charge in [0, 0.05) is 21.1 Å². The molecule has 0 saturated carbocycles. The van der Waals surface area contributed by atoms with Crippen molar-refractivity contribution >= 4 is 67.2 Å². The summed E-state index contributed by atoms with van der Waals surface area (Å²) in [5, 5.41) is 16.1. The number of rotatable bonds is 5. The van der Waals surface area contributed by atoms with Gasteiger partial charge in [0.1, 0.15) is 11.8 Å². The summed E-state index contributed by atoms with van der Waals surface area (Å²) in [6, 6.07) is 11.7. The van der Waals surface area contributed by atoms with E-state index in [1.54, 1.807) is 36.5 Å². The number of nitrogens with one attached hydrogen (secondary N) is 1. The summed E-state index contributed by atoms with van der Waals surface area (Å²) in [5.74, 6) is -0.00784. The minimum Gasteiger partial charge on any atom is -0.431 e. The predicted molar refractivity (Wildman–Crippen MR) is 118 cm³/mol. The Morgan fingerprint density at radius 3 is 2.70 bits per heavy atom. The molecule has 2 aromatic carbocycles. The molecule has 1 N–H and O–H groups in total. The van der Waals surface area contributed by atoms with Crippen LogP contribution in [0.1, 0.15) is 0 Å². The maximum atomic E-state index is 11.8. The van der Waals surface area contributed by atoms with Gasteiger partial charge >= 0.3 is 11.6 Å². The van der Waals surface area contributed by atoms with Gasteiger partial charge in [-0.1, -0.05) is 45.2 Å². The minimum atomic E-state index is -0.629. The molecule has 0 radical (unpaired) electrons. The van der Waals surface area contributed by atoms with Crippen LogP contribution in [-0.4, -0.2) is 19.9 Å². The third-order valence-corrected chi connectivity index (χ3v) is 5.28. The van der Waals surface area contributed by atoms with Crippen LogP contribution in [0.3, 0.4) is 0 Å². The number of ether oxygens (including phenoxy) is 1. The highest BCUT2D eigenvalue weighted by Gasteiger charge is 2.26. The number of fused-ring (bicyclic) bond motifs is 1. The average molecular weight is 507 g/mol. The second kappa shape index (κ2) is 8.39. The summed E-state index contributed by atoms with van der Waals surface area (Å²) in [7, 11) is 0. The van der Waals surface area contributed by atoms with Crippen LogP contribution in [0.4, 0.5) is 17.2 Å². The Balaban J connectivity index is 1.77. The van der Waals surface area contributed by atoms with Crippen LogP contribution >= 0.6 is 39.1 Å². The number of hydrogen-bond acceptors (Lipinski definition) is 7. The fourth-order valence-electron chi connectivity index (χ4n) is 2.71. The largest absolute Gasteiger partial charge is 0.431 e. The predicted octanol–water partition coefficient (Wildman–Crippen LogP) is 6.54. The number of benzene rings is 2. The van der Waals surface area contributed by atoms with Crippen molar-refractivity contribution in [3.8, 4) is 11.6 Å². The number of nitro groups is 1. The molecule has 0 amide bonds. The Morgan fingerprint density at radius 2 is 1.93 bits per heavy atom. The van der Waals surface area contributed by atoms with Crippen molar-refractivity contribution < 1.29 is 9.66 Å². The zero-order valence-corrected chi connectivity index (χ0v) is 17.9. The molecule has 2 aromatic heterocycles. The van der Waals surface area contributed by atoms with E-state index in [0.717, 1.165) is 16.2 Å². The average Bonchev–Trinajstić information content (AvgIpc) is 2.72. The van der Waals surface area contributed by atoms with Gasteiger partial charge in [-0.2, -0.15) is 4.98 Å². The molecule has 2 heterocycles. The molecular weight excluding hydrogens is 497 g/mol. The fraction of sp³-hybridized carbons (Fsp3) is 0. The highest BCUT2D eigenvalue weighted by molar-refractivity contribution is 9.10. The van der Waals surface area contributed by atoms with Crippen LogP contribution in [-0.2, 0) is 0 Å². The quantitative estimate of drug-likeness (QED) is 0.242. The van der Waals surface area contributed by atoms with E-state index in [1.807, 2.05) is 6.07 Å². The third-order valence-electron chi connectivity index (χ3n) is 4.04. The van der Waals surface area contributed by atoms with Crippen molar-refractivity contribution in [3.05, 3.63) is 79.6 Å². The lowest BCUT2D eigenvalue weighted by Gasteiger charge is -2.11. The molecule has 0 bridgehead atoms. The van der Waals surface area contributed by atoms with E-state index in [9.17, 15) is 10.1 Å². The molecule has 0 fully saturated rings. The highest BCUT2D eigenvalue weighted by Crippen LogP contribution is 2.39. The first-order chi connectivity index (χ1) is 14.4. The van der Waals surface area contributed by atoms with Crippen molar-refractivity contribution in [2.45, 2.75) is 0 Å². The number of hydrogen-bond donors (Lipinski definition) is 1. The van der Waals surface area contributed by atoms with Crippen LogP contribution in [0, 0.1) is 10.1 Å². The molecule has 0 unspecified atom stereocenters. The van der Waals surface area contributed by atoms with Crippen LogP contribution in [0.15, 0.2) is 59.5 Å². The molecule has 0 aliphatic rings. The van der Waals surface area contributed by atoms with Gasteiger partial charge in [-0.15, -0.1) is 0 Å². The number of nitrogens with zero attached hydrogens (tertiary/aromatic N) is 4. The number of anilines is 2. The van der Waals surface area contributed by atoms with Gasteiger partial charge in [-0.05, 0) is 36.4 Å². The Labute approximate surface area is 188 Å². The molecule has 4 rings (SSSR count). The maximum Gasteiger partial charge on any atom is 0.373 e. The fourth-order valence-corrected chi connectivity index (χ4v) is 3.62. The van der Waals surface area contributed by atoms with E-state index in [2.05, 4.69) is 36.2 Å². The van der Waals surface area contributed by atoms with E-state index >= 15 is 0 Å². The van der Waals surface area contributed by atoms with Gasteiger partial charge in [0.15, 0.2) is 5.75 Å². The van der Waals surface area contributed by atoms with Crippen LogP contribution in [0.5, 0.6) is 11.6 Å².